The molecule has 3 aliphatic heterocycles. The minimum Gasteiger partial charge on any atom is -0.350 e. The monoisotopic (exact) mass is 348 g/mol. The number of fused-ring (bicyclic) bond motifs is 2. The number of benzene rings is 1. The number of aliphatic imine (C=N–C) groups is 1. The van der Waals surface area contributed by atoms with Crippen molar-refractivity contribution in [3.8, 4) is 0 Å². The average molecular weight is 349 g/mol. The molecule has 0 aliphatic carbocycles. The number of anilines is 1. The van der Waals surface area contributed by atoms with Gasteiger partial charge in [-0.25, -0.2) is 4.99 Å². The highest BCUT2D eigenvalue weighted by atomic mass is 35.5. The molecule has 0 aromatic heterocycles. The molecule has 4 rings (SSSR count). The number of nitrogens with zero attached hydrogens (tertiary/aromatic N) is 4. The van der Waals surface area contributed by atoms with Crippen molar-refractivity contribution in [1.29, 1.82) is 0 Å². The number of rotatable bonds is 0. The van der Waals surface area contributed by atoms with Crippen molar-refractivity contribution in [2.45, 2.75) is 17.9 Å². The SMILES string of the molecule is C=C1N=C2c3c(cc(C)c(Cl)c3SCC3CN(C)CCN23)N1C. The summed E-state index contributed by atoms with van der Waals surface area (Å²) in [6.45, 7) is 9.35. The Labute approximate surface area is 146 Å². The van der Waals surface area contributed by atoms with Gasteiger partial charge >= 0.3 is 0 Å². The van der Waals surface area contributed by atoms with E-state index in [4.69, 9.17) is 16.6 Å². The Morgan fingerprint density at radius 2 is 2.13 bits per heavy atom. The number of halogens is 1. The Kier molecular flexibility index (Phi) is 3.63. The highest BCUT2D eigenvalue weighted by molar-refractivity contribution is 7.99. The molecule has 0 spiro atoms. The first-order valence-corrected chi connectivity index (χ1v) is 9.26. The average Bonchev–Trinajstić information content (AvgIpc) is 2.67. The normalized spacial score (nSPS) is 24.1. The summed E-state index contributed by atoms with van der Waals surface area (Å²) in [4.78, 5) is 13.0. The molecule has 1 fully saturated rings. The van der Waals surface area contributed by atoms with Gasteiger partial charge in [0.2, 0.25) is 0 Å². The highest BCUT2D eigenvalue weighted by Gasteiger charge is 2.37. The standard InChI is InChI=1S/C17H21ClN4S/c1-10-7-13-14-16(15(10)18)23-9-12-8-20(3)5-6-22(12)17(14)19-11(2)21(13)4/h7,12H,2,5-6,8-9H2,1,3-4H3. The van der Waals surface area contributed by atoms with Crippen LogP contribution in [0.2, 0.25) is 5.02 Å². The van der Waals surface area contributed by atoms with Crippen LogP contribution in [0.3, 0.4) is 0 Å². The van der Waals surface area contributed by atoms with Gasteiger partial charge in [-0.05, 0) is 25.6 Å². The first kappa shape index (κ1) is 15.4. The lowest BCUT2D eigenvalue weighted by Crippen LogP contribution is -2.55. The lowest BCUT2D eigenvalue weighted by molar-refractivity contribution is 0.165. The van der Waals surface area contributed by atoms with Crippen LogP contribution in [0.5, 0.6) is 0 Å². The van der Waals surface area contributed by atoms with Crippen LogP contribution in [0.15, 0.2) is 28.4 Å². The van der Waals surface area contributed by atoms with Crippen LogP contribution in [-0.4, -0.2) is 61.2 Å². The number of aryl methyl sites for hydroxylation is 1. The molecule has 1 aromatic carbocycles. The van der Waals surface area contributed by atoms with E-state index in [2.05, 4.69) is 41.3 Å². The Balaban J connectivity index is 1.94. The molecule has 1 saturated heterocycles. The molecule has 6 heteroatoms. The van der Waals surface area contributed by atoms with E-state index in [1.807, 2.05) is 18.8 Å². The van der Waals surface area contributed by atoms with Crippen LogP contribution >= 0.6 is 23.4 Å². The lowest BCUT2D eigenvalue weighted by Gasteiger charge is -2.42. The summed E-state index contributed by atoms with van der Waals surface area (Å²) >= 11 is 8.54. The van der Waals surface area contributed by atoms with Gasteiger partial charge in [0.25, 0.3) is 0 Å². The topological polar surface area (TPSA) is 22.1 Å². The summed E-state index contributed by atoms with van der Waals surface area (Å²) in [7, 11) is 4.22. The second-order valence-corrected chi connectivity index (χ2v) is 7.97. The molecule has 1 aromatic rings. The van der Waals surface area contributed by atoms with Gasteiger partial charge in [-0.2, -0.15) is 0 Å². The summed E-state index contributed by atoms with van der Waals surface area (Å²) in [6.07, 6.45) is 0. The second kappa shape index (κ2) is 5.43. The van der Waals surface area contributed by atoms with Gasteiger partial charge in [0.1, 0.15) is 11.7 Å². The minimum absolute atomic E-state index is 0.463. The fourth-order valence-corrected chi connectivity index (χ4v) is 5.16. The summed E-state index contributed by atoms with van der Waals surface area (Å²) < 4.78 is 0. The largest absolute Gasteiger partial charge is 0.350 e. The summed E-state index contributed by atoms with van der Waals surface area (Å²) in [6, 6.07) is 2.63. The maximum absolute atomic E-state index is 6.67. The van der Waals surface area contributed by atoms with Crippen molar-refractivity contribution in [2.75, 3.05) is 44.4 Å². The molecule has 4 nitrogen and oxygen atoms in total. The number of amidine groups is 1. The molecule has 23 heavy (non-hydrogen) atoms. The van der Waals surface area contributed by atoms with Crippen LogP contribution in [0.1, 0.15) is 11.1 Å². The first-order chi connectivity index (χ1) is 11.0. The van der Waals surface area contributed by atoms with Crippen molar-refractivity contribution < 1.29 is 0 Å². The molecular formula is C17H21ClN4S. The number of piperazine rings is 1. The second-order valence-electron chi connectivity index (χ2n) is 6.56. The molecule has 0 amide bonds. The zero-order valence-electron chi connectivity index (χ0n) is 13.8. The van der Waals surface area contributed by atoms with E-state index in [-0.39, 0.29) is 0 Å². The Morgan fingerprint density at radius 3 is 2.91 bits per heavy atom. The number of thioether (sulfide) groups is 1. The molecule has 0 saturated carbocycles. The third-order valence-electron chi connectivity index (χ3n) is 4.97. The first-order valence-electron chi connectivity index (χ1n) is 7.90. The van der Waals surface area contributed by atoms with Crippen molar-refractivity contribution in [2.24, 2.45) is 4.99 Å². The third-order valence-corrected chi connectivity index (χ3v) is 6.81. The predicted octanol–water partition coefficient (Wildman–Crippen LogP) is 3.04. The van der Waals surface area contributed by atoms with Crippen LogP contribution in [0.25, 0.3) is 0 Å². The minimum atomic E-state index is 0.463. The van der Waals surface area contributed by atoms with E-state index < -0.39 is 0 Å². The van der Waals surface area contributed by atoms with E-state index in [0.29, 0.717) is 6.04 Å². The molecule has 3 heterocycles. The van der Waals surface area contributed by atoms with Gasteiger partial charge in [-0.1, -0.05) is 18.2 Å². The van der Waals surface area contributed by atoms with Gasteiger partial charge in [0, 0.05) is 37.3 Å². The van der Waals surface area contributed by atoms with E-state index in [1.165, 1.54) is 16.1 Å². The van der Waals surface area contributed by atoms with Crippen molar-refractivity contribution in [3.63, 3.8) is 0 Å². The molecular weight excluding hydrogens is 328 g/mol. The van der Waals surface area contributed by atoms with Crippen molar-refractivity contribution >= 4 is 34.9 Å². The van der Waals surface area contributed by atoms with Crippen molar-refractivity contribution in [3.05, 3.63) is 34.6 Å². The number of hydrogen-bond acceptors (Lipinski definition) is 5. The molecule has 0 bridgehead atoms. The fraction of sp³-hybridized carbons (Fsp3) is 0.471. The zero-order chi connectivity index (χ0) is 16.3. The molecule has 1 unspecified atom stereocenters. The summed E-state index contributed by atoms with van der Waals surface area (Å²) in [5.74, 6) is 2.89. The summed E-state index contributed by atoms with van der Waals surface area (Å²) in [5.41, 5.74) is 3.47. The van der Waals surface area contributed by atoms with E-state index in [9.17, 15) is 0 Å². The molecule has 122 valence electrons. The Bertz CT molecular complexity index is 730. The predicted molar refractivity (Wildman–Crippen MR) is 99.0 cm³/mol. The number of hydrogen-bond donors (Lipinski definition) is 0. The maximum Gasteiger partial charge on any atom is 0.141 e. The van der Waals surface area contributed by atoms with Crippen LogP contribution in [0.4, 0.5) is 5.69 Å². The highest BCUT2D eigenvalue weighted by Crippen LogP contribution is 2.45. The van der Waals surface area contributed by atoms with Crippen LogP contribution < -0.4 is 4.90 Å². The van der Waals surface area contributed by atoms with Crippen LogP contribution in [0, 0.1) is 6.92 Å². The van der Waals surface area contributed by atoms with Gasteiger partial charge in [0.15, 0.2) is 0 Å². The lowest BCUT2D eigenvalue weighted by atomic mass is 10.0. The van der Waals surface area contributed by atoms with Gasteiger partial charge in [0.05, 0.1) is 22.3 Å². The van der Waals surface area contributed by atoms with Crippen molar-refractivity contribution in [1.82, 2.24) is 9.80 Å². The quantitative estimate of drug-likeness (QED) is 0.718. The molecule has 3 aliphatic rings. The van der Waals surface area contributed by atoms with Gasteiger partial charge in [-0.15, -0.1) is 11.8 Å². The Hall–Kier alpha value is -1.17. The fourth-order valence-electron chi connectivity index (χ4n) is 3.57. The molecule has 0 radical (unpaired) electrons. The van der Waals surface area contributed by atoms with Gasteiger partial charge in [-0.3, -0.25) is 0 Å². The smallest absolute Gasteiger partial charge is 0.141 e. The number of likely N-dealkylation sites (N-methyl/N-ethyl adjacent to an activating group) is 1. The third kappa shape index (κ3) is 2.29. The molecule has 1 atom stereocenters. The Morgan fingerprint density at radius 1 is 1.35 bits per heavy atom. The molecule has 0 N–H and O–H groups in total. The van der Waals surface area contributed by atoms with E-state index in [1.54, 1.807) is 0 Å². The summed E-state index contributed by atoms with van der Waals surface area (Å²) in [5, 5.41) is 0.871. The van der Waals surface area contributed by atoms with E-state index in [0.717, 1.165) is 47.6 Å². The van der Waals surface area contributed by atoms with E-state index >= 15 is 0 Å². The van der Waals surface area contributed by atoms with Crippen LogP contribution in [-0.2, 0) is 0 Å². The zero-order valence-corrected chi connectivity index (χ0v) is 15.3. The van der Waals surface area contributed by atoms with Gasteiger partial charge < -0.3 is 14.7 Å². The maximum atomic E-state index is 6.67.